The minimum atomic E-state index is -0.722. The first-order valence-corrected chi connectivity index (χ1v) is 7.36. The summed E-state index contributed by atoms with van der Waals surface area (Å²) >= 11 is 0. The number of nitrogens with zero attached hydrogens (tertiary/aromatic N) is 1. The summed E-state index contributed by atoms with van der Waals surface area (Å²) in [6.45, 7) is 7.67. The van der Waals surface area contributed by atoms with Crippen LogP contribution >= 0.6 is 0 Å². The Kier molecular flexibility index (Phi) is 3.46. The second-order valence-electron chi connectivity index (χ2n) is 6.71. The van der Waals surface area contributed by atoms with Crippen LogP contribution in [0, 0.1) is 5.82 Å². The first kappa shape index (κ1) is 15.9. The Morgan fingerprint density at radius 1 is 1.22 bits per heavy atom. The minimum Gasteiger partial charge on any atom is -0.399 e. The van der Waals surface area contributed by atoms with Gasteiger partial charge in [-0.05, 0) is 45.3 Å². The summed E-state index contributed by atoms with van der Waals surface area (Å²) in [7, 11) is -0.722. The number of fused-ring (bicyclic) bond motifs is 1. The van der Waals surface area contributed by atoms with Gasteiger partial charge in [0.05, 0.1) is 16.8 Å². The Hall–Kier alpha value is -1.99. The lowest BCUT2D eigenvalue weighted by Crippen LogP contribution is -2.41. The topological polar surface area (TPSA) is 74.4 Å². The van der Waals surface area contributed by atoms with Gasteiger partial charge in [-0.1, -0.05) is 6.07 Å². The molecule has 1 aliphatic heterocycles. The molecule has 1 aromatic carbocycles. The summed E-state index contributed by atoms with van der Waals surface area (Å²) in [4.78, 5) is 15.6. The molecule has 0 aliphatic carbocycles. The van der Waals surface area contributed by atoms with Crippen molar-refractivity contribution >= 4 is 29.4 Å². The van der Waals surface area contributed by atoms with Crippen LogP contribution in [0.5, 0.6) is 0 Å². The molecule has 2 aromatic rings. The fraction of sp³-hybridized carbons (Fsp3) is 0.375. The fourth-order valence-electron chi connectivity index (χ4n) is 2.56. The lowest BCUT2D eigenvalue weighted by molar-refractivity contribution is 0.00578. The van der Waals surface area contributed by atoms with Crippen molar-refractivity contribution in [1.82, 2.24) is 4.98 Å². The summed E-state index contributed by atoms with van der Waals surface area (Å²) in [5.41, 5.74) is 5.10. The number of halogens is 1. The van der Waals surface area contributed by atoms with Gasteiger partial charge in [-0.3, -0.25) is 9.78 Å². The van der Waals surface area contributed by atoms with E-state index in [1.165, 1.54) is 18.3 Å². The maximum absolute atomic E-state index is 14.4. The molecule has 0 atom stereocenters. The van der Waals surface area contributed by atoms with Gasteiger partial charge in [0.2, 0.25) is 5.91 Å². The van der Waals surface area contributed by atoms with Crippen molar-refractivity contribution < 1.29 is 18.5 Å². The molecule has 2 N–H and O–H groups in total. The van der Waals surface area contributed by atoms with E-state index >= 15 is 0 Å². The standard InChI is InChI=1S/C16H18BFN2O3/c1-15(2)16(3,4)23-17(22-15)9-7-11-10(14(19)21)5-6-20-13(11)12(18)8-9/h5-8H,1-4H3,(H2,19,21). The van der Waals surface area contributed by atoms with Gasteiger partial charge in [-0.15, -0.1) is 0 Å². The van der Waals surface area contributed by atoms with Gasteiger partial charge >= 0.3 is 7.12 Å². The van der Waals surface area contributed by atoms with Crippen molar-refractivity contribution in [3.63, 3.8) is 0 Å². The number of carbonyl (C=O) groups is 1. The maximum atomic E-state index is 14.4. The number of hydrogen-bond acceptors (Lipinski definition) is 4. The summed E-state index contributed by atoms with van der Waals surface area (Å²) < 4.78 is 26.3. The van der Waals surface area contributed by atoms with E-state index in [-0.39, 0.29) is 11.1 Å². The van der Waals surface area contributed by atoms with E-state index in [0.29, 0.717) is 10.8 Å². The Balaban J connectivity index is 2.14. The maximum Gasteiger partial charge on any atom is 0.494 e. The van der Waals surface area contributed by atoms with Crippen LogP contribution in [0.25, 0.3) is 10.9 Å². The largest absolute Gasteiger partial charge is 0.494 e. The molecule has 1 fully saturated rings. The predicted molar refractivity (Wildman–Crippen MR) is 85.9 cm³/mol. The van der Waals surface area contributed by atoms with Crippen LogP contribution in [0.2, 0.25) is 0 Å². The van der Waals surface area contributed by atoms with E-state index in [9.17, 15) is 9.18 Å². The number of amides is 1. The van der Waals surface area contributed by atoms with E-state index in [0.717, 1.165) is 0 Å². The van der Waals surface area contributed by atoms with Gasteiger partial charge in [-0.25, -0.2) is 4.39 Å². The van der Waals surface area contributed by atoms with Crippen LogP contribution in [0.4, 0.5) is 4.39 Å². The number of nitrogens with two attached hydrogens (primary N) is 1. The number of carbonyl (C=O) groups excluding carboxylic acids is 1. The molecule has 0 radical (unpaired) electrons. The lowest BCUT2D eigenvalue weighted by atomic mass is 9.78. The molecule has 1 aromatic heterocycles. The summed E-state index contributed by atoms with van der Waals surface area (Å²) in [5.74, 6) is -1.18. The summed E-state index contributed by atoms with van der Waals surface area (Å²) in [6, 6.07) is 4.44. The third-order valence-corrected chi connectivity index (χ3v) is 4.61. The molecule has 1 saturated heterocycles. The molecule has 1 aliphatic rings. The van der Waals surface area contributed by atoms with Crippen LogP contribution in [0.1, 0.15) is 38.1 Å². The van der Waals surface area contributed by atoms with Crippen molar-refractivity contribution in [2.75, 3.05) is 0 Å². The highest BCUT2D eigenvalue weighted by molar-refractivity contribution is 6.62. The first-order valence-electron chi connectivity index (χ1n) is 7.36. The fourth-order valence-corrected chi connectivity index (χ4v) is 2.56. The third-order valence-electron chi connectivity index (χ3n) is 4.61. The molecule has 0 saturated carbocycles. The van der Waals surface area contributed by atoms with E-state index in [2.05, 4.69) is 4.98 Å². The molecule has 5 nitrogen and oxygen atoms in total. The number of benzene rings is 1. The third kappa shape index (κ3) is 2.50. The zero-order valence-corrected chi connectivity index (χ0v) is 13.5. The molecular formula is C16H18BFN2O3. The van der Waals surface area contributed by atoms with Crippen LogP contribution in [-0.2, 0) is 9.31 Å². The molecule has 120 valence electrons. The quantitative estimate of drug-likeness (QED) is 0.857. The SMILES string of the molecule is CC1(C)OB(c2cc(F)c3nccc(C(N)=O)c3c2)OC1(C)C. The van der Waals surface area contributed by atoms with Crippen LogP contribution in [-0.4, -0.2) is 29.2 Å². The molecule has 0 unspecified atom stereocenters. The molecule has 2 heterocycles. The highest BCUT2D eigenvalue weighted by atomic mass is 19.1. The monoisotopic (exact) mass is 316 g/mol. The average Bonchev–Trinajstić information content (AvgIpc) is 2.66. The van der Waals surface area contributed by atoms with Gasteiger partial charge < -0.3 is 15.0 Å². The van der Waals surface area contributed by atoms with Gasteiger partial charge in [0, 0.05) is 11.6 Å². The Morgan fingerprint density at radius 3 is 2.39 bits per heavy atom. The normalized spacial score (nSPS) is 19.3. The van der Waals surface area contributed by atoms with E-state index < -0.39 is 30.0 Å². The molecule has 1 amide bonds. The van der Waals surface area contributed by atoms with Crippen molar-refractivity contribution in [3.8, 4) is 0 Å². The molecular weight excluding hydrogens is 298 g/mol. The minimum absolute atomic E-state index is 0.0987. The molecule has 3 rings (SSSR count). The van der Waals surface area contributed by atoms with Gasteiger partial charge in [0.25, 0.3) is 0 Å². The number of primary amides is 1. The lowest BCUT2D eigenvalue weighted by Gasteiger charge is -2.32. The van der Waals surface area contributed by atoms with E-state index in [1.807, 2.05) is 27.7 Å². The van der Waals surface area contributed by atoms with Crippen molar-refractivity contribution in [3.05, 3.63) is 35.8 Å². The van der Waals surface area contributed by atoms with Gasteiger partial charge in [0.15, 0.2) is 0 Å². The number of hydrogen-bond donors (Lipinski definition) is 1. The highest BCUT2D eigenvalue weighted by Crippen LogP contribution is 2.36. The van der Waals surface area contributed by atoms with Crippen LogP contribution < -0.4 is 11.2 Å². The van der Waals surface area contributed by atoms with Crippen molar-refractivity contribution in [1.29, 1.82) is 0 Å². The molecule has 7 heteroatoms. The second kappa shape index (κ2) is 5.01. The summed E-state index contributed by atoms with van der Waals surface area (Å²) in [5, 5.41) is 0.352. The number of rotatable bonds is 2. The number of aromatic nitrogens is 1. The summed E-state index contributed by atoms with van der Waals surface area (Å²) in [6.07, 6.45) is 1.36. The van der Waals surface area contributed by atoms with E-state index in [1.54, 1.807) is 6.07 Å². The van der Waals surface area contributed by atoms with Crippen LogP contribution in [0.15, 0.2) is 24.4 Å². The van der Waals surface area contributed by atoms with Crippen LogP contribution in [0.3, 0.4) is 0 Å². The highest BCUT2D eigenvalue weighted by Gasteiger charge is 2.51. The van der Waals surface area contributed by atoms with E-state index in [4.69, 9.17) is 15.0 Å². The molecule has 0 bridgehead atoms. The van der Waals surface area contributed by atoms with Crippen molar-refractivity contribution in [2.24, 2.45) is 5.73 Å². The Bertz CT molecular complexity index is 791. The smallest absolute Gasteiger partial charge is 0.399 e. The number of pyridine rings is 1. The molecule has 23 heavy (non-hydrogen) atoms. The Labute approximate surface area is 134 Å². The molecule has 0 spiro atoms. The first-order chi connectivity index (χ1) is 10.6. The predicted octanol–water partition coefficient (Wildman–Crippen LogP) is 1.77. The zero-order chi connectivity index (χ0) is 17.0. The Morgan fingerprint density at radius 2 is 1.83 bits per heavy atom. The zero-order valence-electron chi connectivity index (χ0n) is 13.5. The van der Waals surface area contributed by atoms with Gasteiger partial charge in [0.1, 0.15) is 11.3 Å². The second-order valence-corrected chi connectivity index (χ2v) is 6.71. The van der Waals surface area contributed by atoms with Crippen molar-refractivity contribution in [2.45, 2.75) is 38.9 Å². The average molecular weight is 316 g/mol. The van der Waals surface area contributed by atoms with Gasteiger partial charge in [-0.2, -0.15) is 0 Å².